The number of benzene rings is 1. The molecular formula is C14H21N. The van der Waals surface area contributed by atoms with E-state index >= 15 is 0 Å². The second kappa shape index (κ2) is 3.34. The van der Waals surface area contributed by atoms with Gasteiger partial charge in [0.15, 0.2) is 0 Å². The fourth-order valence-electron chi connectivity index (χ4n) is 2.40. The van der Waals surface area contributed by atoms with Crippen molar-refractivity contribution < 1.29 is 0 Å². The first-order chi connectivity index (χ1) is 6.92. The van der Waals surface area contributed by atoms with Crippen molar-refractivity contribution in [1.29, 1.82) is 0 Å². The van der Waals surface area contributed by atoms with Crippen LogP contribution in [0.5, 0.6) is 0 Å². The summed E-state index contributed by atoms with van der Waals surface area (Å²) in [4.78, 5) is 0. The average molecular weight is 203 g/mol. The minimum Gasteiger partial charge on any atom is -0.324 e. The van der Waals surface area contributed by atoms with Crippen molar-refractivity contribution in [3.63, 3.8) is 0 Å². The summed E-state index contributed by atoms with van der Waals surface area (Å²) < 4.78 is 0. The molecule has 0 bridgehead atoms. The Labute approximate surface area is 92.7 Å². The lowest BCUT2D eigenvalue weighted by Gasteiger charge is -2.45. The van der Waals surface area contributed by atoms with E-state index in [0.717, 1.165) is 19.3 Å². The van der Waals surface area contributed by atoms with Crippen LogP contribution in [-0.2, 0) is 12.8 Å². The molecule has 2 rings (SSSR count). The topological polar surface area (TPSA) is 26.0 Å². The highest BCUT2D eigenvalue weighted by atomic mass is 14.8. The van der Waals surface area contributed by atoms with Gasteiger partial charge in [-0.15, -0.1) is 0 Å². The second-order valence-corrected chi connectivity index (χ2v) is 5.85. The van der Waals surface area contributed by atoms with Gasteiger partial charge >= 0.3 is 0 Å². The highest BCUT2D eigenvalue weighted by molar-refractivity contribution is 5.32. The van der Waals surface area contributed by atoms with Crippen LogP contribution in [-0.4, -0.2) is 5.54 Å². The molecule has 1 unspecified atom stereocenters. The van der Waals surface area contributed by atoms with Gasteiger partial charge in [-0.1, -0.05) is 45.0 Å². The predicted octanol–water partition coefficient (Wildman–Crippen LogP) is 2.92. The van der Waals surface area contributed by atoms with Gasteiger partial charge in [-0.05, 0) is 35.8 Å². The summed E-state index contributed by atoms with van der Waals surface area (Å²) in [6.07, 6.45) is 3.25. The van der Waals surface area contributed by atoms with E-state index in [4.69, 9.17) is 5.73 Å². The molecule has 1 aliphatic rings. The van der Waals surface area contributed by atoms with Gasteiger partial charge in [-0.3, -0.25) is 0 Å². The summed E-state index contributed by atoms with van der Waals surface area (Å²) >= 11 is 0. The summed E-state index contributed by atoms with van der Waals surface area (Å²) in [5.74, 6) is 0. The van der Waals surface area contributed by atoms with Crippen molar-refractivity contribution >= 4 is 0 Å². The molecule has 1 atom stereocenters. The van der Waals surface area contributed by atoms with E-state index in [1.165, 1.54) is 11.1 Å². The van der Waals surface area contributed by atoms with Gasteiger partial charge in [-0.2, -0.15) is 0 Å². The molecule has 0 aliphatic heterocycles. The Morgan fingerprint density at radius 3 is 2.33 bits per heavy atom. The minimum absolute atomic E-state index is 0.0403. The molecular weight excluding hydrogens is 182 g/mol. The normalized spacial score (nSPS) is 26.1. The predicted molar refractivity (Wildman–Crippen MR) is 64.8 cm³/mol. The third-order valence-electron chi connectivity index (χ3n) is 3.96. The molecule has 15 heavy (non-hydrogen) atoms. The van der Waals surface area contributed by atoms with Crippen molar-refractivity contribution in [1.82, 2.24) is 0 Å². The molecule has 0 amide bonds. The number of aryl methyl sites for hydroxylation is 1. The van der Waals surface area contributed by atoms with Crippen LogP contribution < -0.4 is 5.73 Å². The van der Waals surface area contributed by atoms with Crippen LogP contribution in [0.1, 0.15) is 38.3 Å². The summed E-state index contributed by atoms with van der Waals surface area (Å²) in [5.41, 5.74) is 9.63. The van der Waals surface area contributed by atoms with Crippen molar-refractivity contribution in [2.24, 2.45) is 11.1 Å². The quantitative estimate of drug-likeness (QED) is 0.689. The lowest BCUT2D eigenvalue weighted by Crippen LogP contribution is -2.55. The molecule has 0 fully saturated rings. The van der Waals surface area contributed by atoms with E-state index in [0.29, 0.717) is 0 Å². The van der Waals surface area contributed by atoms with Crippen molar-refractivity contribution in [2.45, 2.75) is 45.6 Å². The molecule has 0 heterocycles. The Balaban J connectivity index is 2.33. The summed E-state index contributed by atoms with van der Waals surface area (Å²) in [5, 5.41) is 0. The van der Waals surface area contributed by atoms with E-state index in [2.05, 4.69) is 45.0 Å². The van der Waals surface area contributed by atoms with Crippen molar-refractivity contribution in [3.05, 3.63) is 35.4 Å². The first-order valence-corrected chi connectivity index (χ1v) is 5.78. The zero-order valence-corrected chi connectivity index (χ0v) is 10.0. The highest BCUT2D eigenvalue weighted by Crippen LogP contribution is 2.38. The van der Waals surface area contributed by atoms with Crippen LogP contribution in [0.4, 0.5) is 0 Å². The lowest BCUT2D eigenvalue weighted by atomic mass is 9.65. The third-order valence-corrected chi connectivity index (χ3v) is 3.96. The third kappa shape index (κ3) is 1.81. The van der Waals surface area contributed by atoms with Crippen molar-refractivity contribution in [3.8, 4) is 0 Å². The van der Waals surface area contributed by atoms with Crippen LogP contribution in [0.2, 0.25) is 0 Å². The number of hydrogen-bond donors (Lipinski definition) is 1. The fourth-order valence-corrected chi connectivity index (χ4v) is 2.40. The van der Waals surface area contributed by atoms with Gasteiger partial charge in [0.1, 0.15) is 0 Å². The minimum atomic E-state index is -0.0403. The molecule has 0 aromatic heterocycles. The molecule has 1 aromatic carbocycles. The number of nitrogens with two attached hydrogens (primary N) is 1. The van der Waals surface area contributed by atoms with Crippen LogP contribution in [0.3, 0.4) is 0 Å². The standard InChI is InChI=1S/C14H21N/c1-13(2,3)14(15)9-8-11-6-4-5-7-12(11)10-14/h4-7H,8-10,15H2,1-3H3. The molecule has 1 aromatic rings. The maximum atomic E-state index is 6.55. The van der Waals surface area contributed by atoms with E-state index in [9.17, 15) is 0 Å². The molecule has 1 aliphatic carbocycles. The monoisotopic (exact) mass is 203 g/mol. The Morgan fingerprint density at radius 2 is 1.73 bits per heavy atom. The molecule has 0 radical (unpaired) electrons. The van der Waals surface area contributed by atoms with Gasteiger partial charge in [-0.25, -0.2) is 0 Å². The van der Waals surface area contributed by atoms with Crippen LogP contribution >= 0.6 is 0 Å². The highest BCUT2D eigenvalue weighted by Gasteiger charge is 2.40. The molecule has 0 saturated carbocycles. The van der Waals surface area contributed by atoms with Gasteiger partial charge in [0, 0.05) is 5.54 Å². The molecule has 0 spiro atoms. The maximum absolute atomic E-state index is 6.55. The zero-order valence-electron chi connectivity index (χ0n) is 10.0. The van der Waals surface area contributed by atoms with Crippen LogP contribution in [0, 0.1) is 5.41 Å². The largest absolute Gasteiger partial charge is 0.324 e. The summed E-state index contributed by atoms with van der Waals surface area (Å²) in [7, 11) is 0. The van der Waals surface area contributed by atoms with E-state index in [1.807, 2.05) is 0 Å². The fraction of sp³-hybridized carbons (Fsp3) is 0.571. The number of fused-ring (bicyclic) bond motifs is 1. The van der Waals surface area contributed by atoms with Crippen molar-refractivity contribution in [2.75, 3.05) is 0 Å². The molecule has 1 nitrogen and oxygen atoms in total. The van der Waals surface area contributed by atoms with Gasteiger partial charge in [0.2, 0.25) is 0 Å². The molecule has 1 heteroatoms. The number of rotatable bonds is 0. The smallest absolute Gasteiger partial charge is 0.0247 e. The second-order valence-electron chi connectivity index (χ2n) is 5.85. The SMILES string of the molecule is CC(C)(C)C1(N)CCc2ccccc2C1. The average Bonchev–Trinajstić information content (AvgIpc) is 2.16. The zero-order chi connectivity index (χ0) is 11.1. The Kier molecular flexibility index (Phi) is 2.38. The molecule has 0 saturated heterocycles. The van der Waals surface area contributed by atoms with Crippen LogP contribution in [0.25, 0.3) is 0 Å². The lowest BCUT2D eigenvalue weighted by molar-refractivity contribution is 0.165. The maximum Gasteiger partial charge on any atom is 0.0247 e. The van der Waals surface area contributed by atoms with E-state index in [-0.39, 0.29) is 11.0 Å². The Hall–Kier alpha value is -0.820. The molecule has 2 N–H and O–H groups in total. The van der Waals surface area contributed by atoms with Gasteiger partial charge < -0.3 is 5.73 Å². The van der Waals surface area contributed by atoms with Crippen LogP contribution in [0.15, 0.2) is 24.3 Å². The summed E-state index contributed by atoms with van der Waals surface area (Å²) in [6.45, 7) is 6.75. The van der Waals surface area contributed by atoms with E-state index in [1.54, 1.807) is 0 Å². The number of hydrogen-bond acceptors (Lipinski definition) is 1. The summed E-state index contributed by atoms with van der Waals surface area (Å²) in [6, 6.07) is 8.70. The van der Waals surface area contributed by atoms with Gasteiger partial charge in [0.05, 0.1) is 0 Å². The Bertz CT molecular complexity index is 362. The van der Waals surface area contributed by atoms with E-state index < -0.39 is 0 Å². The first kappa shape index (κ1) is 10.7. The molecule has 82 valence electrons. The Morgan fingerprint density at radius 1 is 1.13 bits per heavy atom. The first-order valence-electron chi connectivity index (χ1n) is 5.78. The van der Waals surface area contributed by atoms with Gasteiger partial charge in [0.25, 0.3) is 0 Å².